The molecule has 0 spiro atoms. The predicted octanol–water partition coefficient (Wildman–Crippen LogP) is 2.77. The first-order valence-corrected chi connectivity index (χ1v) is 28.8. The lowest BCUT2D eigenvalue weighted by Crippen LogP contribution is -2.82. The Kier molecular flexibility index (Phi) is 29.3. The van der Waals surface area contributed by atoms with Gasteiger partial charge in [0.15, 0.2) is 53.8 Å². The summed E-state index contributed by atoms with van der Waals surface area (Å²) in [6.07, 6.45) is 7.92. The fourth-order valence-corrected chi connectivity index (χ4v) is 9.12. The highest BCUT2D eigenvalue weighted by Gasteiger charge is 2.56. The summed E-state index contributed by atoms with van der Waals surface area (Å²) in [7, 11) is 0. The first-order valence-electron chi connectivity index (χ1n) is 28.8. The van der Waals surface area contributed by atoms with Gasteiger partial charge in [0.25, 0.3) is 0 Å². The summed E-state index contributed by atoms with van der Waals surface area (Å²) in [6, 6.07) is 16.7. The van der Waals surface area contributed by atoms with Crippen molar-refractivity contribution in [1.82, 2.24) is 10.3 Å². The monoisotopic (exact) mass is 1160 g/mol. The van der Waals surface area contributed by atoms with Gasteiger partial charge in [0.2, 0.25) is 11.8 Å². The number of esters is 4. The molecule has 0 unspecified atom stereocenters. The maximum Gasteiger partial charge on any atom is 0.304 e. The van der Waals surface area contributed by atoms with Crippen molar-refractivity contribution in [1.29, 1.82) is 0 Å². The van der Waals surface area contributed by atoms with Gasteiger partial charge >= 0.3 is 30.1 Å². The van der Waals surface area contributed by atoms with E-state index >= 15 is 0 Å². The second-order valence-corrected chi connectivity index (χ2v) is 19.8. The molecule has 0 amide bonds. The number of benzene rings is 2. The summed E-state index contributed by atoms with van der Waals surface area (Å²) >= 11 is 0. The summed E-state index contributed by atoms with van der Waals surface area (Å²) < 4.78 is 78.3. The molecule has 0 bridgehead atoms. The lowest BCUT2D eigenvalue weighted by atomic mass is 9.97. The number of nitrogens with two attached hydrogens (primary N) is 1. The molecule has 24 nitrogen and oxygen atoms in total. The van der Waals surface area contributed by atoms with Crippen molar-refractivity contribution in [2.45, 2.75) is 129 Å². The zero-order valence-electron chi connectivity index (χ0n) is 48.4. The molecule has 5 atom stereocenters. The Hall–Kier alpha value is -6.96. The van der Waals surface area contributed by atoms with Gasteiger partial charge in [-0.15, -0.1) is 0 Å². The number of carbonyl (C=O) groups is 4. The number of ether oxygens (including phenoxy) is 13. The molecule has 3 N–H and O–H groups in total. The predicted molar refractivity (Wildman–Crippen MR) is 293 cm³/mol. The van der Waals surface area contributed by atoms with Gasteiger partial charge in [-0.2, -0.15) is 9.25 Å². The van der Waals surface area contributed by atoms with Gasteiger partial charge in [-0.1, -0.05) is 30.2 Å². The standard InChI is InChI=1S/C59H82N6O18/c1-43(66)79-42-54-55(80-44(2)67)56(81-45(3)68)57(82-46(4)69)59(83-54)64-25-20-48(21-26-64)58(70)61-23-13-7-8-14-24-65-41-49(62-63-65)15-9-5-6-12-22-60-40-47-18-19-52-53(39-47)78-38-34-74-30-29-72-32-36-76-51-17-11-10-16-50(51)75-35-31-71-27-28-73-33-37-77-52/h10-11,16-21,25-26,39,41,54-57,59-60H,5-9,12-15,22-24,27-38,40,42H2,1-4H3/p+2/t54-,55-,56+,57+,59+/m1/s1. The van der Waals surface area contributed by atoms with Gasteiger partial charge < -0.3 is 77.0 Å². The third kappa shape index (κ3) is 24.4. The van der Waals surface area contributed by atoms with Gasteiger partial charge in [-0.3, -0.25) is 19.2 Å². The molecule has 4 aromatic rings. The van der Waals surface area contributed by atoms with E-state index in [1.165, 1.54) is 42.9 Å². The highest BCUT2D eigenvalue weighted by atomic mass is 16.7. The van der Waals surface area contributed by atoms with Gasteiger partial charge in [-0.25, -0.2) is 0 Å². The summed E-state index contributed by atoms with van der Waals surface area (Å²) in [5.74, 6) is -0.541. The third-order valence-corrected chi connectivity index (χ3v) is 13.1. The van der Waals surface area contributed by atoms with Gasteiger partial charge in [0, 0.05) is 63.5 Å². The Bertz CT molecular complexity index is 2580. The lowest BCUT2D eigenvalue weighted by Gasteiger charge is -2.41. The molecular weight excluding hydrogens is 1080 g/mol. The van der Waals surface area contributed by atoms with Crippen LogP contribution in [0.1, 0.15) is 102 Å². The van der Waals surface area contributed by atoms with Gasteiger partial charge in [-0.05, 0) is 80.3 Å². The van der Waals surface area contributed by atoms with E-state index in [0.29, 0.717) is 114 Å². The zero-order chi connectivity index (χ0) is 58.9. The molecule has 456 valence electrons. The van der Waals surface area contributed by atoms with Gasteiger partial charge in [0.1, 0.15) is 52.2 Å². The van der Waals surface area contributed by atoms with Crippen LogP contribution in [0.2, 0.25) is 0 Å². The van der Waals surface area contributed by atoms with Gasteiger partial charge in [0.05, 0.1) is 59.4 Å². The number of aryl methyl sites for hydroxylation is 2. The SMILES string of the molecule is CC(=O)OC[C@H]1O[C@H]([n+]2ccc(C([O-])=NCCCCCC[n+]3cc(CCCCCC[NH2+]Cc4ccc5c(c4)OCCOCCOCCOc4ccccc4OCCOCCOCCO5)n[nH]3)cc2)[C@@H](OC(C)=O)[C@@H](OC(C)=O)[C@@H]1OC(C)=O. The first-order chi connectivity index (χ1) is 40.4. The molecule has 83 heavy (non-hydrogen) atoms. The number of aliphatic imine (C=N–C) groups is 1. The van der Waals surface area contributed by atoms with Crippen LogP contribution in [0.25, 0.3) is 0 Å². The van der Waals surface area contributed by atoms with E-state index in [2.05, 4.69) is 32.9 Å². The number of hydrogen-bond acceptors (Lipinski definition) is 20. The van der Waals surface area contributed by atoms with E-state index in [4.69, 9.17) is 61.6 Å². The number of nitrogens with zero attached hydrogens (tertiary/aromatic N) is 4. The Morgan fingerprint density at radius 2 is 1.17 bits per heavy atom. The second kappa shape index (κ2) is 37.3. The van der Waals surface area contributed by atoms with E-state index in [1.807, 2.05) is 41.1 Å². The topological polar surface area (TPSA) is 277 Å². The van der Waals surface area contributed by atoms with E-state index in [-0.39, 0.29) is 6.61 Å². The van der Waals surface area contributed by atoms with E-state index in [9.17, 15) is 24.3 Å². The molecular formula is C59H84N6O18+2. The van der Waals surface area contributed by atoms with E-state index in [0.717, 1.165) is 103 Å². The number of aromatic nitrogens is 4. The molecule has 4 heterocycles. The number of quaternary nitrogens is 1. The van der Waals surface area contributed by atoms with Crippen LogP contribution in [0, 0.1) is 0 Å². The Morgan fingerprint density at radius 1 is 0.627 bits per heavy atom. The quantitative estimate of drug-likeness (QED) is 0.0270. The van der Waals surface area contributed by atoms with Crippen LogP contribution in [-0.4, -0.2) is 163 Å². The summed E-state index contributed by atoms with van der Waals surface area (Å²) in [4.78, 5) is 52.5. The number of rotatable bonds is 23. The normalized spacial score (nSPS) is 19.8. The number of unbranched alkanes of at least 4 members (excludes halogenated alkanes) is 6. The van der Waals surface area contributed by atoms with E-state index < -0.39 is 60.4 Å². The number of pyridine rings is 1. The molecule has 6 rings (SSSR count). The summed E-state index contributed by atoms with van der Waals surface area (Å²) in [5.41, 5.74) is 2.51. The fourth-order valence-electron chi connectivity index (χ4n) is 9.12. The molecule has 0 saturated carbocycles. The fraction of sp³-hybridized carbons (Fsp3) is 0.593. The highest BCUT2D eigenvalue weighted by molar-refractivity contribution is 5.90. The average Bonchev–Trinajstić information content (AvgIpc) is 3.63. The van der Waals surface area contributed by atoms with Crippen molar-refractivity contribution in [2.75, 3.05) is 99.0 Å². The number of H-pyrrole nitrogens is 1. The maximum atomic E-state index is 13.0. The molecule has 0 radical (unpaired) electrons. The largest absolute Gasteiger partial charge is 0.858 e. The molecule has 1 fully saturated rings. The minimum Gasteiger partial charge on any atom is -0.858 e. The number of para-hydroxylation sites is 2. The van der Waals surface area contributed by atoms with Crippen LogP contribution < -0.4 is 38.6 Å². The lowest BCUT2D eigenvalue weighted by molar-refractivity contribution is -0.777. The Labute approximate surface area is 485 Å². The molecule has 2 aromatic heterocycles. The van der Waals surface area contributed by atoms with Crippen LogP contribution in [0.3, 0.4) is 0 Å². The summed E-state index contributed by atoms with van der Waals surface area (Å²) in [5, 5.41) is 23.0. The second-order valence-electron chi connectivity index (χ2n) is 19.8. The molecule has 2 aliphatic heterocycles. The van der Waals surface area contributed by atoms with Crippen molar-refractivity contribution in [3.63, 3.8) is 0 Å². The highest BCUT2D eigenvalue weighted by Crippen LogP contribution is 2.33. The van der Waals surface area contributed by atoms with Crippen molar-refractivity contribution in [3.05, 3.63) is 90.0 Å². The van der Waals surface area contributed by atoms with Crippen molar-refractivity contribution < 1.29 is 100 Å². The average molecular weight is 1170 g/mol. The molecule has 2 aliphatic rings. The minimum absolute atomic E-state index is 0.318. The molecule has 1 saturated heterocycles. The van der Waals surface area contributed by atoms with Crippen LogP contribution in [-0.2, 0) is 81.3 Å². The van der Waals surface area contributed by atoms with Crippen LogP contribution in [0.5, 0.6) is 23.0 Å². The van der Waals surface area contributed by atoms with Crippen molar-refractivity contribution in [3.8, 4) is 23.0 Å². The van der Waals surface area contributed by atoms with Crippen LogP contribution in [0.4, 0.5) is 0 Å². The van der Waals surface area contributed by atoms with Crippen LogP contribution >= 0.6 is 0 Å². The summed E-state index contributed by atoms with van der Waals surface area (Å²) in [6.45, 7) is 12.3. The Morgan fingerprint density at radius 3 is 1.78 bits per heavy atom. The number of fused-ring (bicyclic) bond motifs is 2. The number of hydrogen-bond donors (Lipinski definition) is 2. The Balaban J connectivity index is 0.836. The third-order valence-electron chi connectivity index (χ3n) is 13.1. The smallest absolute Gasteiger partial charge is 0.304 e. The molecule has 0 aliphatic carbocycles. The number of nitrogens with one attached hydrogen (secondary N) is 1. The van der Waals surface area contributed by atoms with Crippen molar-refractivity contribution >= 4 is 29.8 Å². The van der Waals surface area contributed by atoms with Crippen LogP contribution in [0.15, 0.2) is 78.2 Å². The number of aromatic amines is 1. The number of carbonyl (C=O) groups excluding carboxylic acids is 4. The molecule has 24 heteroatoms. The maximum absolute atomic E-state index is 13.0. The molecule has 2 aromatic carbocycles. The van der Waals surface area contributed by atoms with Crippen molar-refractivity contribution in [2.24, 2.45) is 4.99 Å². The zero-order valence-corrected chi connectivity index (χ0v) is 48.4. The minimum atomic E-state index is -1.32. The first kappa shape index (κ1) is 65.2. The van der Waals surface area contributed by atoms with E-state index in [1.54, 1.807) is 0 Å².